The van der Waals surface area contributed by atoms with E-state index in [0.29, 0.717) is 23.7 Å². The van der Waals surface area contributed by atoms with Gasteiger partial charge < -0.3 is 14.8 Å². The van der Waals surface area contributed by atoms with Crippen LogP contribution in [0.5, 0.6) is 11.5 Å². The van der Waals surface area contributed by atoms with Gasteiger partial charge >= 0.3 is 0 Å². The summed E-state index contributed by atoms with van der Waals surface area (Å²) in [7, 11) is 1.48. The van der Waals surface area contributed by atoms with Crippen LogP contribution in [-0.4, -0.2) is 37.5 Å². The summed E-state index contributed by atoms with van der Waals surface area (Å²) >= 11 is 0. The molecule has 1 atom stereocenters. The smallest absolute Gasteiger partial charge is 0.269 e. The monoisotopic (exact) mass is 365 g/mol. The summed E-state index contributed by atoms with van der Waals surface area (Å²) in [5, 5.41) is 2.55. The van der Waals surface area contributed by atoms with Crippen LogP contribution in [0.1, 0.15) is 44.5 Å². The van der Waals surface area contributed by atoms with Crippen LogP contribution in [0.4, 0.5) is 0 Å². The molecular weight excluding hydrogens is 338 g/mol. The number of rotatable bonds is 8. The number of carbonyl (C=O) groups excluding carboxylic acids is 3. The summed E-state index contributed by atoms with van der Waals surface area (Å²) in [6.45, 7) is 7.44. The molecule has 26 heavy (non-hydrogen) atoms. The maximum atomic E-state index is 12.2. The minimum Gasteiger partial charge on any atom is -0.493 e. The van der Waals surface area contributed by atoms with Gasteiger partial charge in [0.2, 0.25) is 5.91 Å². The molecule has 8 nitrogen and oxygen atoms in total. The van der Waals surface area contributed by atoms with Crippen molar-refractivity contribution in [3.05, 3.63) is 23.8 Å². The number of carbonyl (C=O) groups is 3. The van der Waals surface area contributed by atoms with Crippen molar-refractivity contribution in [1.29, 1.82) is 0 Å². The van der Waals surface area contributed by atoms with E-state index in [2.05, 4.69) is 16.2 Å². The number of hydrogen-bond donors (Lipinski definition) is 3. The van der Waals surface area contributed by atoms with E-state index < -0.39 is 17.9 Å². The van der Waals surface area contributed by atoms with Gasteiger partial charge in [-0.3, -0.25) is 25.2 Å². The van der Waals surface area contributed by atoms with Crippen molar-refractivity contribution >= 4 is 17.7 Å². The topological polar surface area (TPSA) is 106 Å². The van der Waals surface area contributed by atoms with Crippen LogP contribution in [0, 0.1) is 5.92 Å². The van der Waals surface area contributed by atoms with E-state index in [9.17, 15) is 14.4 Å². The Morgan fingerprint density at radius 1 is 1.12 bits per heavy atom. The van der Waals surface area contributed by atoms with E-state index in [0.717, 1.165) is 6.42 Å². The van der Waals surface area contributed by atoms with E-state index in [-0.39, 0.29) is 11.8 Å². The Morgan fingerprint density at radius 2 is 1.81 bits per heavy atom. The van der Waals surface area contributed by atoms with Crippen LogP contribution >= 0.6 is 0 Å². The first kappa shape index (κ1) is 21.3. The Bertz CT molecular complexity index is 646. The van der Waals surface area contributed by atoms with Gasteiger partial charge in [-0.15, -0.1) is 0 Å². The van der Waals surface area contributed by atoms with Crippen molar-refractivity contribution < 1.29 is 23.9 Å². The molecule has 1 rings (SSSR count). The summed E-state index contributed by atoms with van der Waals surface area (Å²) in [4.78, 5) is 35.6. The minimum absolute atomic E-state index is 0.133. The van der Waals surface area contributed by atoms with Crippen LogP contribution in [0.25, 0.3) is 0 Å². The molecule has 0 radical (unpaired) electrons. The van der Waals surface area contributed by atoms with E-state index in [1.807, 2.05) is 6.92 Å². The van der Waals surface area contributed by atoms with Crippen molar-refractivity contribution in [1.82, 2.24) is 16.2 Å². The molecule has 0 spiro atoms. The second-order valence-corrected chi connectivity index (χ2v) is 6.08. The predicted octanol–water partition coefficient (Wildman–Crippen LogP) is 1.41. The first-order chi connectivity index (χ1) is 12.3. The summed E-state index contributed by atoms with van der Waals surface area (Å²) in [6.07, 6.45) is 0.850. The molecule has 0 aliphatic heterocycles. The summed E-state index contributed by atoms with van der Waals surface area (Å²) in [5.74, 6) is -0.498. The Morgan fingerprint density at radius 3 is 2.35 bits per heavy atom. The lowest BCUT2D eigenvalue weighted by Crippen LogP contribution is -2.54. The molecule has 0 saturated carbocycles. The number of nitrogens with one attached hydrogen (secondary N) is 3. The summed E-state index contributed by atoms with van der Waals surface area (Å²) in [5.41, 5.74) is 4.96. The van der Waals surface area contributed by atoms with Crippen LogP contribution in [0.2, 0.25) is 0 Å². The van der Waals surface area contributed by atoms with Gasteiger partial charge in [-0.05, 0) is 30.5 Å². The van der Waals surface area contributed by atoms with Crippen molar-refractivity contribution in [3.63, 3.8) is 0 Å². The number of hydrogen-bond acceptors (Lipinski definition) is 5. The lowest BCUT2D eigenvalue weighted by Gasteiger charge is -2.21. The third-order valence-electron chi connectivity index (χ3n) is 3.49. The molecular formula is C18H27N3O5. The van der Waals surface area contributed by atoms with Crippen molar-refractivity contribution in [2.75, 3.05) is 13.7 Å². The summed E-state index contributed by atoms with van der Waals surface area (Å²) < 4.78 is 10.8. The molecule has 0 fully saturated rings. The number of methoxy groups -OCH3 is 1. The Labute approximate surface area is 153 Å². The SMILES string of the molecule is CCCOc1ccc(C(=O)NNC(=O)[C@H](NC(C)=O)C(C)C)cc1OC. The molecule has 3 amide bonds. The molecule has 3 N–H and O–H groups in total. The van der Waals surface area contributed by atoms with Crippen molar-refractivity contribution in [2.24, 2.45) is 5.92 Å². The molecule has 0 saturated heterocycles. The summed E-state index contributed by atoms with van der Waals surface area (Å²) in [6, 6.07) is 4.00. The van der Waals surface area contributed by atoms with Gasteiger partial charge in [-0.1, -0.05) is 20.8 Å². The number of hydrazine groups is 1. The highest BCUT2D eigenvalue weighted by atomic mass is 16.5. The van der Waals surface area contributed by atoms with Gasteiger partial charge in [0.1, 0.15) is 6.04 Å². The number of benzene rings is 1. The lowest BCUT2D eigenvalue weighted by molar-refractivity contribution is -0.129. The Hall–Kier alpha value is -2.77. The lowest BCUT2D eigenvalue weighted by atomic mass is 10.0. The molecule has 1 aromatic carbocycles. The largest absolute Gasteiger partial charge is 0.493 e. The average Bonchev–Trinajstić information content (AvgIpc) is 2.61. The fourth-order valence-electron chi connectivity index (χ4n) is 2.16. The fraction of sp³-hybridized carbons (Fsp3) is 0.500. The van der Waals surface area contributed by atoms with Gasteiger partial charge in [-0.25, -0.2) is 0 Å². The minimum atomic E-state index is -0.743. The van der Waals surface area contributed by atoms with E-state index >= 15 is 0 Å². The van der Waals surface area contributed by atoms with E-state index in [1.165, 1.54) is 20.1 Å². The molecule has 1 aromatic rings. The van der Waals surface area contributed by atoms with Gasteiger partial charge in [-0.2, -0.15) is 0 Å². The quantitative estimate of drug-likeness (QED) is 0.604. The second-order valence-electron chi connectivity index (χ2n) is 6.08. The van der Waals surface area contributed by atoms with Gasteiger partial charge in [0.15, 0.2) is 11.5 Å². The molecule has 0 aliphatic carbocycles. The molecule has 144 valence electrons. The van der Waals surface area contributed by atoms with Crippen LogP contribution in [-0.2, 0) is 9.59 Å². The first-order valence-corrected chi connectivity index (χ1v) is 8.48. The molecule has 0 aromatic heterocycles. The third-order valence-corrected chi connectivity index (χ3v) is 3.49. The average molecular weight is 365 g/mol. The molecule has 0 unspecified atom stereocenters. The normalized spacial score (nSPS) is 11.5. The third kappa shape index (κ3) is 6.27. The van der Waals surface area contributed by atoms with Crippen molar-refractivity contribution in [3.8, 4) is 11.5 Å². The second kappa shape index (κ2) is 10.3. The maximum Gasteiger partial charge on any atom is 0.269 e. The van der Waals surface area contributed by atoms with E-state index in [4.69, 9.17) is 9.47 Å². The zero-order chi connectivity index (χ0) is 19.7. The first-order valence-electron chi connectivity index (χ1n) is 8.48. The predicted molar refractivity (Wildman–Crippen MR) is 96.8 cm³/mol. The molecule has 0 heterocycles. The standard InChI is InChI=1S/C18H27N3O5/c1-6-9-26-14-8-7-13(10-15(14)25-5)17(23)20-21-18(24)16(11(2)3)19-12(4)22/h7-8,10-11,16H,6,9H2,1-5H3,(H,19,22)(H,20,23)(H,21,24)/t16-/m1/s1. The molecule has 0 aliphatic rings. The Kier molecular flexibility index (Phi) is 8.41. The highest BCUT2D eigenvalue weighted by Gasteiger charge is 2.23. The van der Waals surface area contributed by atoms with E-state index in [1.54, 1.807) is 26.0 Å². The van der Waals surface area contributed by atoms with Crippen LogP contribution in [0.15, 0.2) is 18.2 Å². The maximum absolute atomic E-state index is 12.2. The number of amides is 3. The Balaban J connectivity index is 2.75. The van der Waals surface area contributed by atoms with Crippen LogP contribution < -0.4 is 25.6 Å². The molecule has 8 heteroatoms. The van der Waals surface area contributed by atoms with Gasteiger partial charge in [0.25, 0.3) is 11.8 Å². The zero-order valence-corrected chi connectivity index (χ0v) is 15.8. The van der Waals surface area contributed by atoms with Crippen molar-refractivity contribution in [2.45, 2.75) is 40.2 Å². The zero-order valence-electron chi connectivity index (χ0n) is 15.8. The van der Waals surface area contributed by atoms with Gasteiger partial charge in [0, 0.05) is 12.5 Å². The van der Waals surface area contributed by atoms with Gasteiger partial charge in [0.05, 0.1) is 13.7 Å². The number of ether oxygens (including phenoxy) is 2. The highest BCUT2D eigenvalue weighted by molar-refractivity contribution is 5.96. The molecule has 0 bridgehead atoms. The highest BCUT2D eigenvalue weighted by Crippen LogP contribution is 2.28. The van der Waals surface area contributed by atoms with Crippen LogP contribution in [0.3, 0.4) is 0 Å². The fourth-order valence-corrected chi connectivity index (χ4v) is 2.16.